The first-order valence-corrected chi connectivity index (χ1v) is 17.1. The van der Waals surface area contributed by atoms with E-state index >= 15 is 0 Å². The number of aliphatic hydroxyl groups is 1. The lowest BCUT2D eigenvalue weighted by atomic mass is 10.0. The van der Waals surface area contributed by atoms with E-state index in [1.54, 1.807) is 0 Å². The highest BCUT2D eigenvalue weighted by Gasteiger charge is 2.10. The zero-order valence-corrected chi connectivity index (χ0v) is 29.1. The molecule has 0 fully saturated rings. The van der Waals surface area contributed by atoms with Gasteiger partial charge in [-0.25, -0.2) is 19.2 Å². The van der Waals surface area contributed by atoms with Crippen LogP contribution in [-0.2, 0) is 39.1 Å². The van der Waals surface area contributed by atoms with Gasteiger partial charge in [0.15, 0.2) is 0 Å². The van der Waals surface area contributed by atoms with Crippen LogP contribution in [0.15, 0.2) is 0 Å². The van der Waals surface area contributed by atoms with Crippen LogP contribution in [0.2, 0.25) is 0 Å². The molecule has 3 unspecified atom stereocenters. The Kier molecular flexibility index (Phi) is 37.5. The largest absolute Gasteiger partial charge is 0.472 e. The lowest BCUT2D eigenvalue weighted by molar-refractivity contribution is -0.140. The van der Waals surface area contributed by atoms with Gasteiger partial charge >= 0.3 is 34.3 Å². The summed E-state index contributed by atoms with van der Waals surface area (Å²) in [5.74, 6) is 4.37. The number of ether oxygens (including phenoxy) is 2. The van der Waals surface area contributed by atoms with E-state index in [4.69, 9.17) is 42.3 Å². The Hall–Kier alpha value is -3.17. The number of hydrogen-bond acceptors (Lipinski definition) is 9. The van der Waals surface area contributed by atoms with Crippen LogP contribution in [0.25, 0.3) is 0 Å². The van der Waals surface area contributed by atoms with Crippen molar-refractivity contribution in [2.75, 3.05) is 19.8 Å². The van der Waals surface area contributed by atoms with Gasteiger partial charge in [0.1, 0.15) is 0 Å². The van der Waals surface area contributed by atoms with Crippen molar-refractivity contribution >= 4 is 34.3 Å². The Morgan fingerprint density at radius 1 is 0.587 bits per heavy atom. The van der Waals surface area contributed by atoms with Crippen LogP contribution in [-0.4, -0.2) is 76.5 Å². The first-order chi connectivity index (χ1) is 21.5. The highest BCUT2D eigenvalue weighted by molar-refractivity contribution is 7.79. The summed E-state index contributed by atoms with van der Waals surface area (Å²) in [6, 6.07) is 0. The van der Waals surface area contributed by atoms with Gasteiger partial charge in [0, 0.05) is 30.3 Å². The average Bonchev–Trinajstić information content (AvgIpc) is 2.99. The van der Waals surface area contributed by atoms with Crippen LogP contribution in [0.3, 0.4) is 0 Å². The second kappa shape index (κ2) is 34.7. The minimum absolute atomic E-state index is 0.367. The summed E-state index contributed by atoms with van der Waals surface area (Å²) in [6.07, 6.45) is 13.4. The molecular weight excluding hydrogens is 624 g/mol. The molecule has 0 aromatic heterocycles. The van der Waals surface area contributed by atoms with Gasteiger partial charge in [-0.3, -0.25) is 9.11 Å². The minimum atomic E-state index is -4.67. The average molecular weight is 681 g/mol. The molecule has 0 aromatic rings. The van der Waals surface area contributed by atoms with E-state index < -0.39 is 34.3 Å². The summed E-state index contributed by atoms with van der Waals surface area (Å²) in [6.45, 7) is 13.9. The molecule has 46 heavy (non-hydrogen) atoms. The Morgan fingerprint density at radius 2 is 0.870 bits per heavy atom. The number of carbonyl (C=O) groups excluding carboxylic acids is 2. The van der Waals surface area contributed by atoms with Crippen molar-refractivity contribution < 1.29 is 61.5 Å². The van der Waals surface area contributed by atoms with Gasteiger partial charge in [-0.15, -0.1) is 0 Å². The molecule has 0 rings (SSSR count). The zero-order valence-electron chi connectivity index (χ0n) is 28.2. The topological polar surface area (TPSA) is 222 Å². The lowest BCUT2D eigenvalue weighted by Crippen LogP contribution is -2.14. The maximum atomic E-state index is 11.6. The van der Waals surface area contributed by atoms with Crippen LogP contribution in [0.5, 0.6) is 0 Å². The fraction of sp³-hybridized carbons (Fsp3) is 0.750. The summed E-state index contributed by atoms with van der Waals surface area (Å²) in [7, 11) is -4.67. The number of hydrogen-bond donors (Lipinski definition) is 5. The smallest absolute Gasteiger partial charge is 0.394 e. The number of carboxylic acid groups (broad SMARTS) is 2. The molecule has 0 heterocycles. The van der Waals surface area contributed by atoms with Crippen molar-refractivity contribution in [3.63, 3.8) is 0 Å². The Bertz CT molecular complexity index is 968. The van der Waals surface area contributed by atoms with E-state index in [-0.39, 0.29) is 0 Å². The zero-order chi connectivity index (χ0) is 36.4. The number of aliphatic hydroxyl groups excluding tert-OH is 1. The number of carboxylic acids is 2. The quantitative estimate of drug-likeness (QED) is 0.0577. The molecule has 0 aromatic carbocycles. The van der Waals surface area contributed by atoms with E-state index in [9.17, 15) is 19.2 Å². The van der Waals surface area contributed by atoms with Gasteiger partial charge < -0.3 is 24.8 Å². The standard InChI is InChI=1S/C20H34O4.C8H18O.C4H2O4.H2O4S/c1-5-9-11-17(7-3)15-23-19(21)13-14-20(22)24-16-18(8-4)12-10-6-2;1-3-5-6-8(4-2)7-9;5-3(6)1-2-4(7)8;1-5(2,3)4/h17-18H,5-12,15-16H2,1-4H3;8-9H,3-7H2,1-2H3;(H,5,6)(H,7,8);(H2,1,2,3,4). The molecule has 0 radical (unpaired) electrons. The highest BCUT2D eigenvalue weighted by Crippen LogP contribution is 2.14. The van der Waals surface area contributed by atoms with Gasteiger partial charge in [0.05, 0.1) is 13.2 Å². The highest BCUT2D eigenvalue weighted by atomic mass is 32.3. The van der Waals surface area contributed by atoms with Crippen molar-refractivity contribution in [1.29, 1.82) is 0 Å². The van der Waals surface area contributed by atoms with E-state index in [1.807, 2.05) is 0 Å². The molecule has 5 N–H and O–H groups in total. The normalized spacial score (nSPS) is 11.7. The number of esters is 2. The summed E-state index contributed by atoms with van der Waals surface area (Å²) in [5, 5.41) is 24.2. The second-order valence-corrected chi connectivity index (χ2v) is 11.1. The third-order valence-corrected chi connectivity index (χ3v) is 6.33. The van der Waals surface area contributed by atoms with E-state index in [1.165, 1.54) is 31.1 Å². The minimum Gasteiger partial charge on any atom is -0.472 e. The monoisotopic (exact) mass is 680 g/mol. The van der Waals surface area contributed by atoms with Crippen molar-refractivity contribution in [3.05, 3.63) is 0 Å². The summed E-state index contributed by atoms with van der Waals surface area (Å²) in [5.41, 5.74) is 0. The van der Waals surface area contributed by atoms with Crippen molar-refractivity contribution in [2.24, 2.45) is 17.8 Å². The van der Waals surface area contributed by atoms with Crippen molar-refractivity contribution in [1.82, 2.24) is 0 Å². The van der Waals surface area contributed by atoms with Crippen molar-refractivity contribution in [2.45, 2.75) is 119 Å². The molecule has 0 amide bonds. The molecule has 0 aliphatic rings. The SMILES string of the molecule is CCCCC(CC)CO.CCCCC(CC)COC(=O)C#CC(=O)OCC(CC)CCCC.O=C(O)C#CC(=O)O.O=S(=O)(O)O. The van der Waals surface area contributed by atoms with Gasteiger partial charge in [0.2, 0.25) is 0 Å². The third-order valence-electron chi connectivity index (χ3n) is 6.33. The van der Waals surface area contributed by atoms with Crippen LogP contribution in [0.4, 0.5) is 0 Å². The number of unbranched alkanes of at least 4 members (excludes halogenated alkanes) is 3. The van der Waals surface area contributed by atoms with E-state index in [0.29, 0.717) is 37.6 Å². The van der Waals surface area contributed by atoms with Crippen LogP contribution in [0.1, 0.15) is 119 Å². The second-order valence-electron chi connectivity index (χ2n) is 10.2. The molecule has 0 saturated heterocycles. The van der Waals surface area contributed by atoms with Crippen LogP contribution >= 0.6 is 0 Å². The van der Waals surface area contributed by atoms with Crippen LogP contribution < -0.4 is 0 Å². The van der Waals surface area contributed by atoms with Gasteiger partial charge in [-0.2, -0.15) is 8.42 Å². The molecule has 0 aliphatic heterocycles. The molecule has 0 spiro atoms. The number of carbonyl (C=O) groups is 4. The molecule has 0 aliphatic carbocycles. The van der Waals surface area contributed by atoms with Gasteiger partial charge in [0.25, 0.3) is 0 Å². The fourth-order valence-electron chi connectivity index (χ4n) is 3.38. The predicted octanol–water partition coefficient (Wildman–Crippen LogP) is 5.21. The van der Waals surface area contributed by atoms with Crippen LogP contribution in [0, 0.1) is 41.4 Å². The maximum Gasteiger partial charge on any atom is 0.394 e. The lowest BCUT2D eigenvalue weighted by Gasteiger charge is -2.13. The van der Waals surface area contributed by atoms with Gasteiger partial charge in [-0.05, 0) is 37.0 Å². The van der Waals surface area contributed by atoms with E-state index in [2.05, 4.69) is 53.4 Å². The maximum absolute atomic E-state index is 11.6. The first kappa shape index (κ1) is 49.7. The number of rotatable bonds is 17. The van der Waals surface area contributed by atoms with Gasteiger partial charge in [-0.1, -0.05) is 99.3 Å². The molecular formula is C32H56O13S. The Morgan fingerprint density at radius 3 is 1.09 bits per heavy atom. The molecule has 268 valence electrons. The summed E-state index contributed by atoms with van der Waals surface area (Å²) >= 11 is 0. The predicted molar refractivity (Wildman–Crippen MR) is 174 cm³/mol. The number of aliphatic carboxylic acids is 2. The first-order valence-electron chi connectivity index (χ1n) is 15.7. The fourth-order valence-corrected chi connectivity index (χ4v) is 3.38. The molecule has 3 atom stereocenters. The molecule has 0 saturated carbocycles. The van der Waals surface area contributed by atoms with Crippen molar-refractivity contribution in [3.8, 4) is 23.7 Å². The third kappa shape index (κ3) is 47.8. The molecule has 14 heteroatoms. The van der Waals surface area contributed by atoms with E-state index in [0.717, 1.165) is 57.8 Å². The molecule has 0 bridgehead atoms. The molecule has 13 nitrogen and oxygen atoms in total. The Balaban J connectivity index is -0.000000324. The summed E-state index contributed by atoms with van der Waals surface area (Å²) in [4.78, 5) is 42.1. The Labute approximate surface area is 275 Å². The summed E-state index contributed by atoms with van der Waals surface area (Å²) < 4.78 is 41.8.